The summed E-state index contributed by atoms with van der Waals surface area (Å²) in [5.74, 6) is -1.36. The van der Waals surface area contributed by atoms with E-state index in [4.69, 9.17) is 10.2 Å². The fourth-order valence-corrected chi connectivity index (χ4v) is 1.56. The summed E-state index contributed by atoms with van der Waals surface area (Å²) in [7, 11) is 0. The number of aliphatic hydroxyl groups is 1. The van der Waals surface area contributed by atoms with Crippen LogP contribution in [0.1, 0.15) is 12.0 Å². The Morgan fingerprint density at radius 3 is 2.62 bits per heavy atom. The Hall–Kier alpha value is -2.68. The number of nitrogens with zero attached hydrogens (tertiary/aromatic N) is 1. The van der Waals surface area contributed by atoms with Gasteiger partial charge in [0.2, 0.25) is 0 Å². The Bertz CT molecular complexity index is 560. The maximum absolute atomic E-state index is 11.5. The molecule has 0 aliphatic carbocycles. The molecule has 9 nitrogen and oxygen atoms in total. The Kier molecular flexibility index (Phi) is 5.61. The monoisotopic (exact) mass is 297 g/mol. The quantitative estimate of drug-likeness (QED) is 0.453. The molecule has 4 N–H and O–H groups in total. The van der Waals surface area contributed by atoms with E-state index in [1.165, 1.54) is 18.2 Å². The summed E-state index contributed by atoms with van der Waals surface area (Å²) in [6, 6.07) is 3.51. The first-order valence-corrected chi connectivity index (χ1v) is 6.02. The van der Waals surface area contributed by atoms with Gasteiger partial charge in [0.15, 0.2) is 6.10 Å². The molecule has 1 rings (SSSR count). The Balaban J connectivity index is 2.50. The summed E-state index contributed by atoms with van der Waals surface area (Å²) in [6.45, 7) is 1.52. The predicted octanol–water partition coefficient (Wildman–Crippen LogP) is 0.860. The minimum Gasteiger partial charge on any atom is -0.479 e. The molecule has 0 aliphatic rings. The molecule has 0 bridgehead atoms. The van der Waals surface area contributed by atoms with Crippen LogP contribution in [0, 0.1) is 17.0 Å². The number of hydrogen-bond acceptors (Lipinski definition) is 5. The number of aliphatic hydroxyl groups excluding tert-OH is 1. The van der Waals surface area contributed by atoms with E-state index in [0.717, 1.165) is 0 Å². The Morgan fingerprint density at radius 2 is 2.10 bits per heavy atom. The number of amides is 2. The first-order valence-electron chi connectivity index (χ1n) is 6.02. The van der Waals surface area contributed by atoms with Crippen LogP contribution in [0.25, 0.3) is 0 Å². The number of aryl methyl sites for hydroxylation is 1. The van der Waals surface area contributed by atoms with Gasteiger partial charge in [-0.3, -0.25) is 10.1 Å². The standard InChI is InChI=1S/C12H15N3O6/c1-7-6-8(2-3-9(7)15(20)21)14-12(19)13-5-4-10(16)11(17)18/h2-3,6,10,16H,4-5H2,1H3,(H,17,18)(H2,13,14,19). The molecule has 0 heterocycles. The summed E-state index contributed by atoms with van der Waals surface area (Å²) in [6.07, 6.45) is -1.66. The number of aliphatic carboxylic acids is 1. The molecule has 1 unspecified atom stereocenters. The summed E-state index contributed by atoms with van der Waals surface area (Å²) >= 11 is 0. The third kappa shape index (κ3) is 5.07. The van der Waals surface area contributed by atoms with Crippen molar-refractivity contribution in [3.63, 3.8) is 0 Å². The van der Waals surface area contributed by atoms with E-state index < -0.39 is 23.0 Å². The van der Waals surface area contributed by atoms with Crippen molar-refractivity contribution in [2.45, 2.75) is 19.4 Å². The highest BCUT2D eigenvalue weighted by Gasteiger charge is 2.14. The molecule has 2 amide bonds. The minimum atomic E-state index is -1.54. The second-order valence-electron chi connectivity index (χ2n) is 4.28. The topological polar surface area (TPSA) is 142 Å². The summed E-state index contributed by atoms with van der Waals surface area (Å²) in [4.78, 5) is 32.0. The summed E-state index contributed by atoms with van der Waals surface area (Å²) in [5, 5.41) is 32.9. The highest BCUT2D eigenvalue weighted by molar-refractivity contribution is 5.89. The number of carbonyl (C=O) groups is 2. The average Bonchev–Trinajstić information content (AvgIpc) is 2.37. The van der Waals surface area contributed by atoms with Gasteiger partial charge in [0, 0.05) is 30.3 Å². The van der Waals surface area contributed by atoms with Gasteiger partial charge in [0.1, 0.15) is 0 Å². The zero-order valence-electron chi connectivity index (χ0n) is 11.2. The minimum absolute atomic E-state index is 0.0226. The van der Waals surface area contributed by atoms with E-state index >= 15 is 0 Å². The van der Waals surface area contributed by atoms with Crippen LogP contribution in [0.15, 0.2) is 18.2 Å². The van der Waals surface area contributed by atoms with Crippen LogP contribution in [0.4, 0.5) is 16.2 Å². The highest BCUT2D eigenvalue weighted by atomic mass is 16.6. The van der Waals surface area contributed by atoms with E-state index in [9.17, 15) is 19.7 Å². The number of anilines is 1. The first-order chi connectivity index (χ1) is 9.81. The zero-order chi connectivity index (χ0) is 16.0. The van der Waals surface area contributed by atoms with Gasteiger partial charge < -0.3 is 20.8 Å². The van der Waals surface area contributed by atoms with Crippen molar-refractivity contribution in [2.24, 2.45) is 0 Å². The smallest absolute Gasteiger partial charge is 0.332 e. The number of carboxylic acids is 1. The molecular formula is C12H15N3O6. The molecule has 0 spiro atoms. The molecule has 114 valence electrons. The summed E-state index contributed by atoms with van der Waals surface area (Å²) < 4.78 is 0. The van der Waals surface area contributed by atoms with Crippen molar-refractivity contribution in [3.05, 3.63) is 33.9 Å². The molecule has 0 saturated heterocycles. The van der Waals surface area contributed by atoms with E-state index in [-0.39, 0.29) is 18.7 Å². The zero-order valence-corrected chi connectivity index (χ0v) is 11.2. The van der Waals surface area contributed by atoms with E-state index in [0.29, 0.717) is 11.3 Å². The third-order valence-electron chi connectivity index (χ3n) is 2.64. The molecule has 9 heteroatoms. The lowest BCUT2D eigenvalue weighted by Gasteiger charge is -2.09. The Morgan fingerprint density at radius 1 is 1.43 bits per heavy atom. The Labute approximate surface area is 119 Å². The van der Waals surface area contributed by atoms with Crippen LogP contribution in [-0.2, 0) is 4.79 Å². The molecule has 0 radical (unpaired) electrons. The van der Waals surface area contributed by atoms with Gasteiger partial charge in [-0.15, -0.1) is 0 Å². The van der Waals surface area contributed by atoms with Crippen LogP contribution in [0.5, 0.6) is 0 Å². The number of carbonyl (C=O) groups excluding carboxylic acids is 1. The maximum atomic E-state index is 11.5. The normalized spacial score (nSPS) is 11.5. The van der Waals surface area contributed by atoms with Crippen molar-refractivity contribution >= 4 is 23.4 Å². The van der Waals surface area contributed by atoms with Crippen LogP contribution in [0.3, 0.4) is 0 Å². The SMILES string of the molecule is Cc1cc(NC(=O)NCCC(O)C(=O)O)ccc1[N+](=O)[O-]. The molecular weight excluding hydrogens is 282 g/mol. The van der Waals surface area contributed by atoms with E-state index in [1.54, 1.807) is 6.92 Å². The summed E-state index contributed by atoms with van der Waals surface area (Å²) in [5.41, 5.74) is 0.721. The molecule has 1 aromatic carbocycles. The predicted molar refractivity (Wildman–Crippen MR) is 73.1 cm³/mol. The lowest BCUT2D eigenvalue weighted by atomic mass is 10.2. The number of carboxylic acid groups (broad SMARTS) is 1. The van der Waals surface area contributed by atoms with Gasteiger partial charge in [0.25, 0.3) is 5.69 Å². The van der Waals surface area contributed by atoms with E-state index in [1.807, 2.05) is 0 Å². The number of urea groups is 1. The van der Waals surface area contributed by atoms with Crippen LogP contribution >= 0.6 is 0 Å². The molecule has 1 aromatic rings. The van der Waals surface area contributed by atoms with Gasteiger partial charge in [0.05, 0.1) is 4.92 Å². The van der Waals surface area contributed by atoms with Crippen LogP contribution in [-0.4, -0.2) is 39.8 Å². The molecule has 0 saturated carbocycles. The van der Waals surface area contributed by atoms with E-state index in [2.05, 4.69) is 10.6 Å². The average molecular weight is 297 g/mol. The molecule has 1 atom stereocenters. The van der Waals surface area contributed by atoms with Crippen LogP contribution < -0.4 is 10.6 Å². The second-order valence-corrected chi connectivity index (χ2v) is 4.28. The number of hydrogen-bond donors (Lipinski definition) is 4. The van der Waals surface area contributed by atoms with Gasteiger partial charge in [-0.05, 0) is 19.1 Å². The first kappa shape index (κ1) is 16.4. The van der Waals surface area contributed by atoms with Crippen molar-refractivity contribution in [2.75, 3.05) is 11.9 Å². The maximum Gasteiger partial charge on any atom is 0.332 e. The van der Waals surface area contributed by atoms with Crippen molar-refractivity contribution in [1.82, 2.24) is 5.32 Å². The largest absolute Gasteiger partial charge is 0.479 e. The lowest BCUT2D eigenvalue weighted by molar-refractivity contribution is -0.385. The van der Waals surface area contributed by atoms with Crippen molar-refractivity contribution in [1.29, 1.82) is 0 Å². The fraction of sp³-hybridized carbons (Fsp3) is 0.333. The third-order valence-corrected chi connectivity index (χ3v) is 2.64. The molecule has 21 heavy (non-hydrogen) atoms. The second kappa shape index (κ2) is 7.20. The van der Waals surface area contributed by atoms with Crippen molar-refractivity contribution < 1.29 is 24.7 Å². The van der Waals surface area contributed by atoms with Gasteiger partial charge in [-0.25, -0.2) is 9.59 Å². The number of rotatable bonds is 6. The number of nitrogens with one attached hydrogen (secondary N) is 2. The van der Waals surface area contributed by atoms with Crippen LogP contribution in [0.2, 0.25) is 0 Å². The highest BCUT2D eigenvalue weighted by Crippen LogP contribution is 2.21. The lowest BCUT2D eigenvalue weighted by Crippen LogP contribution is -2.33. The van der Waals surface area contributed by atoms with Gasteiger partial charge in [-0.1, -0.05) is 0 Å². The molecule has 0 fully saturated rings. The fourth-order valence-electron chi connectivity index (χ4n) is 1.56. The molecule has 0 aromatic heterocycles. The number of nitro benzene ring substituents is 1. The van der Waals surface area contributed by atoms with Gasteiger partial charge in [-0.2, -0.15) is 0 Å². The number of benzene rings is 1. The number of nitro groups is 1. The van der Waals surface area contributed by atoms with Crippen molar-refractivity contribution in [3.8, 4) is 0 Å². The van der Waals surface area contributed by atoms with Gasteiger partial charge >= 0.3 is 12.0 Å². The molecule has 0 aliphatic heterocycles.